The van der Waals surface area contributed by atoms with Gasteiger partial charge in [-0.1, -0.05) is 12.1 Å². The van der Waals surface area contributed by atoms with Crippen LogP contribution in [-0.4, -0.2) is 75.9 Å². The Morgan fingerprint density at radius 1 is 1.02 bits per heavy atom. The zero-order valence-corrected chi connectivity index (χ0v) is 23.4. The molecule has 0 spiro atoms. The minimum absolute atomic E-state index is 0.142. The minimum atomic E-state index is -0.934. The van der Waals surface area contributed by atoms with E-state index in [1.807, 2.05) is 12.1 Å². The number of piperazine rings is 1. The van der Waals surface area contributed by atoms with Gasteiger partial charge < -0.3 is 24.2 Å². The van der Waals surface area contributed by atoms with E-state index in [0.29, 0.717) is 13.1 Å². The molecule has 2 aromatic heterocycles. The molecule has 0 radical (unpaired) electrons. The first-order valence-electron chi connectivity index (χ1n) is 14.7. The number of nitriles is 1. The van der Waals surface area contributed by atoms with Crippen LogP contribution in [0.1, 0.15) is 40.2 Å². The lowest BCUT2D eigenvalue weighted by Crippen LogP contribution is -2.46. The van der Waals surface area contributed by atoms with Crippen molar-refractivity contribution in [3.05, 3.63) is 77.1 Å². The van der Waals surface area contributed by atoms with Gasteiger partial charge in [0.15, 0.2) is 0 Å². The number of anilines is 3. The van der Waals surface area contributed by atoms with Crippen LogP contribution >= 0.6 is 0 Å². The highest BCUT2D eigenvalue weighted by Crippen LogP contribution is 2.35. The number of carbonyl (C=O) groups is 1. The summed E-state index contributed by atoms with van der Waals surface area (Å²) in [7, 11) is 0. The number of ether oxygens (including phenoxy) is 1. The molecule has 2 aromatic carbocycles. The van der Waals surface area contributed by atoms with Gasteiger partial charge in [-0.15, -0.1) is 0 Å². The summed E-state index contributed by atoms with van der Waals surface area (Å²) in [6.07, 6.45) is 3.05. The molecular weight excluding hydrogens is 530 g/mol. The van der Waals surface area contributed by atoms with Crippen LogP contribution < -0.4 is 9.80 Å². The molecule has 214 valence electrons. The Balaban J connectivity index is 1.07. The molecule has 0 bridgehead atoms. The predicted molar refractivity (Wildman–Crippen MR) is 159 cm³/mol. The number of hydrogen-bond donors (Lipinski definition) is 1. The Morgan fingerprint density at radius 2 is 1.83 bits per heavy atom. The van der Waals surface area contributed by atoms with Gasteiger partial charge in [-0.2, -0.15) is 5.26 Å². The molecule has 2 fully saturated rings. The van der Waals surface area contributed by atoms with E-state index in [9.17, 15) is 15.2 Å². The van der Waals surface area contributed by atoms with E-state index in [4.69, 9.17) is 14.7 Å². The molecule has 10 heteroatoms. The second-order valence-electron chi connectivity index (χ2n) is 11.2. The highest BCUT2D eigenvalue weighted by atomic mass is 16.5. The Hall–Kier alpha value is -4.46. The van der Waals surface area contributed by atoms with Crippen LogP contribution in [0.3, 0.4) is 0 Å². The van der Waals surface area contributed by atoms with Gasteiger partial charge in [0.05, 0.1) is 47.4 Å². The standard InChI is InChI=1S/C32H33N7O3/c33-19-23-4-1-6-27-25(23)5-3-12-38(27)30-8-2-7-29(35-30)37-15-13-36(14-16-37)21-31-34-26-10-9-22(32(40)41)18-28(26)39(31)20-24-11-17-42-24/h1-2,4,6-10,18,24H,3,5,11-17,20-21H2,(H,40,41)/t24-/m0/s1. The van der Waals surface area contributed by atoms with Gasteiger partial charge in [-0.05, 0) is 67.3 Å². The van der Waals surface area contributed by atoms with Crippen molar-refractivity contribution < 1.29 is 14.6 Å². The summed E-state index contributed by atoms with van der Waals surface area (Å²) >= 11 is 0. The van der Waals surface area contributed by atoms with Crippen molar-refractivity contribution in [3.8, 4) is 6.07 Å². The maximum absolute atomic E-state index is 11.6. The molecular formula is C32H33N7O3. The van der Waals surface area contributed by atoms with Crippen LogP contribution in [0.4, 0.5) is 17.3 Å². The van der Waals surface area contributed by atoms with Crippen LogP contribution in [0.25, 0.3) is 11.0 Å². The second-order valence-corrected chi connectivity index (χ2v) is 11.2. The molecule has 3 aliphatic heterocycles. The van der Waals surface area contributed by atoms with Crippen molar-refractivity contribution in [2.45, 2.75) is 38.5 Å². The van der Waals surface area contributed by atoms with Gasteiger partial charge in [-0.3, -0.25) is 4.90 Å². The fraction of sp³-hybridized carbons (Fsp3) is 0.375. The van der Waals surface area contributed by atoms with Crippen LogP contribution in [0.15, 0.2) is 54.6 Å². The molecule has 0 aliphatic carbocycles. The third-order valence-corrected chi connectivity index (χ3v) is 8.68. The number of aromatic carboxylic acids is 1. The largest absolute Gasteiger partial charge is 0.478 e. The Morgan fingerprint density at radius 3 is 2.60 bits per heavy atom. The maximum Gasteiger partial charge on any atom is 0.335 e. The monoisotopic (exact) mass is 563 g/mol. The summed E-state index contributed by atoms with van der Waals surface area (Å²) in [6, 6.07) is 19.7. The number of hydrogen-bond acceptors (Lipinski definition) is 8. The van der Waals surface area contributed by atoms with E-state index in [-0.39, 0.29) is 11.7 Å². The highest BCUT2D eigenvalue weighted by Gasteiger charge is 2.26. The van der Waals surface area contributed by atoms with E-state index >= 15 is 0 Å². The number of aromatic nitrogens is 3. The zero-order chi connectivity index (χ0) is 28.6. The van der Waals surface area contributed by atoms with Gasteiger partial charge >= 0.3 is 5.97 Å². The molecule has 1 N–H and O–H groups in total. The number of rotatable bonds is 7. The molecule has 0 saturated carbocycles. The number of imidazole rings is 1. The molecule has 3 aliphatic rings. The predicted octanol–water partition coefficient (Wildman–Crippen LogP) is 4.20. The van der Waals surface area contributed by atoms with Crippen LogP contribution in [0, 0.1) is 11.3 Å². The van der Waals surface area contributed by atoms with Crippen LogP contribution in [0.2, 0.25) is 0 Å². The van der Waals surface area contributed by atoms with Gasteiger partial charge in [-0.25, -0.2) is 14.8 Å². The molecule has 2 saturated heterocycles. The third kappa shape index (κ3) is 4.95. The lowest BCUT2D eigenvalue weighted by molar-refractivity contribution is -0.0592. The summed E-state index contributed by atoms with van der Waals surface area (Å²) in [5.41, 5.74) is 4.88. The molecule has 1 atom stereocenters. The van der Waals surface area contributed by atoms with Crippen molar-refractivity contribution in [2.24, 2.45) is 0 Å². The first-order valence-corrected chi connectivity index (χ1v) is 14.7. The van der Waals surface area contributed by atoms with E-state index in [1.165, 1.54) is 0 Å². The van der Waals surface area contributed by atoms with Gasteiger partial charge in [0.25, 0.3) is 0 Å². The van der Waals surface area contributed by atoms with Gasteiger partial charge in [0.2, 0.25) is 0 Å². The SMILES string of the molecule is N#Cc1cccc2c1CCCN2c1cccc(N2CCN(Cc3nc4ccc(C(=O)O)cc4n3C[C@@H]3CCO3)CC2)n1. The Bertz CT molecular complexity index is 1680. The highest BCUT2D eigenvalue weighted by molar-refractivity contribution is 5.92. The smallest absolute Gasteiger partial charge is 0.335 e. The first-order chi connectivity index (χ1) is 20.6. The fourth-order valence-electron chi connectivity index (χ4n) is 6.30. The topological polar surface area (TPSA) is 111 Å². The molecule has 5 heterocycles. The Labute approximate surface area is 244 Å². The summed E-state index contributed by atoms with van der Waals surface area (Å²) in [5, 5.41) is 19.1. The number of pyridine rings is 1. The summed E-state index contributed by atoms with van der Waals surface area (Å²) in [6.45, 7) is 6.46. The van der Waals surface area contributed by atoms with Crippen molar-refractivity contribution in [1.29, 1.82) is 5.26 Å². The van der Waals surface area contributed by atoms with Crippen LogP contribution in [0.5, 0.6) is 0 Å². The average Bonchev–Trinajstić information content (AvgIpc) is 3.34. The molecule has 4 aromatic rings. The number of nitrogens with zero attached hydrogens (tertiary/aromatic N) is 7. The molecule has 0 unspecified atom stereocenters. The fourth-order valence-corrected chi connectivity index (χ4v) is 6.30. The van der Waals surface area contributed by atoms with Gasteiger partial charge in [0.1, 0.15) is 17.5 Å². The molecule has 10 nitrogen and oxygen atoms in total. The quantitative estimate of drug-likeness (QED) is 0.354. The van der Waals surface area contributed by atoms with Crippen molar-refractivity contribution in [3.63, 3.8) is 0 Å². The zero-order valence-electron chi connectivity index (χ0n) is 23.4. The van der Waals surface area contributed by atoms with Crippen LogP contribution in [-0.2, 0) is 24.2 Å². The maximum atomic E-state index is 11.6. The Kier molecular flexibility index (Phi) is 6.98. The third-order valence-electron chi connectivity index (χ3n) is 8.68. The number of carboxylic acid groups (broad SMARTS) is 1. The summed E-state index contributed by atoms with van der Waals surface area (Å²) < 4.78 is 7.86. The summed E-state index contributed by atoms with van der Waals surface area (Å²) in [5.74, 6) is 1.89. The number of carboxylic acids is 1. The molecule has 0 amide bonds. The first kappa shape index (κ1) is 26.4. The molecule has 7 rings (SSSR count). The van der Waals surface area contributed by atoms with E-state index < -0.39 is 5.97 Å². The van der Waals surface area contributed by atoms with Crippen molar-refractivity contribution in [2.75, 3.05) is 49.1 Å². The summed E-state index contributed by atoms with van der Waals surface area (Å²) in [4.78, 5) is 28.6. The lowest BCUT2D eigenvalue weighted by atomic mass is 9.97. The molecule has 42 heavy (non-hydrogen) atoms. The lowest BCUT2D eigenvalue weighted by Gasteiger charge is -2.36. The second kappa shape index (κ2) is 11.1. The van der Waals surface area contributed by atoms with E-state index in [2.05, 4.69) is 49.6 Å². The average molecular weight is 564 g/mol. The van der Waals surface area contributed by atoms with Crippen molar-refractivity contribution in [1.82, 2.24) is 19.4 Å². The van der Waals surface area contributed by atoms with Gasteiger partial charge in [0, 0.05) is 45.0 Å². The van der Waals surface area contributed by atoms with Crippen molar-refractivity contribution >= 4 is 34.3 Å². The van der Waals surface area contributed by atoms with E-state index in [1.54, 1.807) is 18.2 Å². The van der Waals surface area contributed by atoms with E-state index in [0.717, 1.165) is 104 Å². The number of fused-ring (bicyclic) bond motifs is 2. The normalized spacial score (nSPS) is 18.9. The number of benzene rings is 2. The minimum Gasteiger partial charge on any atom is -0.478 e.